The largest absolute Gasteiger partial charge is 0.462 e. The molecule has 0 aromatic carbocycles. The van der Waals surface area contributed by atoms with Crippen molar-refractivity contribution in [2.75, 3.05) is 13.2 Å². The van der Waals surface area contributed by atoms with Crippen LogP contribution in [0.5, 0.6) is 0 Å². The van der Waals surface area contributed by atoms with Crippen LogP contribution in [-0.2, 0) is 23.9 Å². The van der Waals surface area contributed by atoms with E-state index >= 15 is 0 Å². The van der Waals surface area contributed by atoms with Crippen molar-refractivity contribution in [1.29, 1.82) is 0 Å². The van der Waals surface area contributed by atoms with Gasteiger partial charge in [-0.3, -0.25) is 9.59 Å². The molecular weight excluding hydrogens is 308 g/mol. The first-order valence-electron chi connectivity index (χ1n) is 9.01. The van der Waals surface area contributed by atoms with Gasteiger partial charge < -0.3 is 9.47 Å². The minimum absolute atomic E-state index is 0.0514. The summed E-state index contributed by atoms with van der Waals surface area (Å²) in [6, 6.07) is 0. The summed E-state index contributed by atoms with van der Waals surface area (Å²) < 4.78 is 9.84. The molecule has 5 nitrogen and oxygen atoms in total. The third-order valence-corrected chi connectivity index (χ3v) is 4.43. The first-order chi connectivity index (χ1) is 11.5. The molecule has 0 aromatic rings. The fraction of sp³-hybridized carbons (Fsp3) is 0.737. The van der Waals surface area contributed by atoms with Crippen molar-refractivity contribution in [3.63, 3.8) is 0 Å². The number of hydrogen-bond acceptors (Lipinski definition) is 5. The fourth-order valence-corrected chi connectivity index (χ4v) is 3.22. The summed E-state index contributed by atoms with van der Waals surface area (Å²) in [5.74, 6) is 0.288. The lowest BCUT2D eigenvalue weighted by molar-refractivity contribution is -0.150. The van der Waals surface area contributed by atoms with Gasteiger partial charge in [0, 0.05) is 25.3 Å². The highest BCUT2D eigenvalue weighted by Crippen LogP contribution is 2.33. The number of unbranched alkanes of at least 4 members (excludes halogenated alkanes) is 1. The van der Waals surface area contributed by atoms with Crippen molar-refractivity contribution in [2.45, 2.75) is 64.7 Å². The number of ketones is 1. The monoisotopic (exact) mass is 338 g/mol. The van der Waals surface area contributed by atoms with E-state index in [0.717, 1.165) is 44.6 Å². The second-order valence-electron chi connectivity index (χ2n) is 6.54. The summed E-state index contributed by atoms with van der Waals surface area (Å²) in [6.45, 7) is 5.51. The van der Waals surface area contributed by atoms with Gasteiger partial charge in [-0.15, -0.1) is 0 Å². The highest BCUT2D eigenvalue weighted by molar-refractivity contribution is 5.81. The van der Waals surface area contributed by atoms with Crippen LogP contribution >= 0.6 is 0 Å². The Morgan fingerprint density at radius 1 is 1.08 bits per heavy atom. The topological polar surface area (TPSA) is 69.7 Å². The zero-order valence-electron chi connectivity index (χ0n) is 14.8. The summed E-state index contributed by atoms with van der Waals surface area (Å²) in [6.07, 6.45) is 8.91. The Kier molecular flexibility index (Phi) is 10.0. The van der Waals surface area contributed by atoms with Crippen molar-refractivity contribution in [3.8, 4) is 0 Å². The molecule has 0 aliphatic heterocycles. The van der Waals surface area contributed by atoms with E-state index in [2.05, 4.69) is 13.5 Å². The first kappa shape index (κ1) is 20.4. The highest BCUT2D eigenvalue weighted by Gasteiger charge is 2.25. The lowest BCUT2D eigenvalue weighted by Gasteiger charge is -2.28. The summed E-state index contributed by atoms with van der Waals surface area (Å²) in [7, 11) is 0. The van der Waals surface area contributed by atoms with Crippen molar-refractivity contribution in [1.82, 2.24) is 0 Å². The van der Waals surface area contributed by atoms with Gasteiger partial charge in [-0.1, -0.05) is 32.8 Å². The van der Waals surface area contributed by atoms with Crippen molar-refractivity contribution in [2.24, 2.45) is 11.8 Å². The number of ether oxygens (including phenoxy) is 2. The van der Waals surface area contributed by atoms with E-state index in [0.29, 0.717) is 36.9 Å². The number of rotatable bonds is 11. The van der Waals surface area contributed by atoms with Gasteiger partial charge in [0.05, 0.1) is 0 Å². The Bertz CT molecular complexity index is 429. The van der Waals surface area contributed by atoms with Gasteiger partial charge in [0.1, 0.15) is 19.0 Å². The summed E-state index contributed by atoms with van der Waals surface area (Å²) in [5.41, 5.74) is 0. The van der Waals surface area contributed by atoms with Crippen LogP contribution in [0, 0.1) is 11.8 Å². The SMILES string of the molecule is C=CC(=O)OCCOC(=O)CC1CCCC(CC(=O)CCCC)C1. The average molecular weight is 338 g/mol. The third kappa shape index (κ3) is 8.85. The van der Waals surface area contributed by atoms with Crippen LogP contribution in [0.4, 0.5) is 0 Å². The van der Waals surface area contributed by atoms with Crippen LogP contribution in [0.1, 0.15) is 64.7 Å². The van der Waals surface area contributed by atoms with Crippen molar-refractivity contribution >= 4 is 17.7 Å². The van der Waals surface area contributed by atoms with Crippen LogP contribution in [0.3, 0.4) is 0 Å². The molecule has 24 heavy (non-hydrogen) atoms. The van der Waals surface area contributed by atoms with E-state index in [1.807, 2.05) is 0 Å². The van der Waals surface area contributed by atoms with E-state index < -0.39 is 5.97 Å². The Hall–Kier alpha value is -1.65. The Labute approximate surface area is 144 Å². The quantitative estimate of drug-likeness (QED) is 0.327. The smallest absolute Gasteiger partial charge is 0.330 e. The molecule has 0 aromatic heterocycles. The minimum atomic E-state index is -0.520. The molecule has 0 bridgehead atoms. The minimum Gasteiger partial charge on any atom is -0.462 e. The summed E-state index contributed by atoms with van der Waals surface area (Å²) in [5, 5.41) is 0. The molecule has 136 valence electrons. The molecular formula is C19H30O5. The average Bonchev–Trinajstić information content (AvgIpc) is 2.57. The second kappa shape index (κ2) is 11.8. The van der Waals surface area contributed by atoms with E-state index in [4.69, 9.17) is 9.47 Å². The number of hydrogen-bond donors (Lipinski definition) is 0. The van der Waals surface area contributed by atoms with Crippen LogP contribution in [0.2, 0.25) is 0 Å². The molecule has 5 heteroatoms. The van der Waals surface area contributed by atoms with E-state index in [1.54, 1.807) is 0 Å². The second-order valence-corrected chi connectivity index (χ2v) is 6.54. The van der Waals surface area contributed by atoms with Crippen LogP contribution in [-0.4, -0.2) is 30.9 Å². The van der Waals surface area contributed by atoms with Crippen LogP contribution in [0.25, 0.3) is 0 Å². The zero-order chi connectivity index (χ0) is 17.8. The number of carbonyl (C=O) groups excluding carboxylic acids is 3. The number of Topliss-reactive ketones (excluding diaryl/α,β-unsaturated/α-hetero) is 1. The van der Waals surface area contributed by atoms with E-state index in [1.165, 1.54) is 0 Å². The van der Waals surface area contributed by atoms with Crippen LogP contribution in [0.15, 0.2) is 12.7 Å². The molecule has 1 rings (SSSR count). The van der Waals surface area contributed by atoms with E-state index in [-0.39, 0.29) is 19.2 Å². The van der Waals surface area contributed by atoms with Crippen molar-refractivity contribution in [3.05, 3.63) is 12.7 Å². The molecule has 0 N–H and O–H groups in total. The molecule has 1 aliphatic rings. The molecule has 1 fully saturated rings. The Morgan fingerprint density at radius 2 is 1.75 bits per heavy atom. The zero-order valence-corrected chi connectivity index (χ0v) is 14.8. The molecule has 1 aliphatic carbocycles. The lowest BCUT2D eigenvalue weighted by Crippen LogP contribution is -2.22. The van der Waals surface area contributed by atoms with Gasteiger partial charge in [-0.2, -0.15) is 0 Å². The van der Waals surface area contributed by atoms with Crippen molar-refractivity contribution < 1.29 is 23.9 Å². The maximum Gasteiger partial charge on any atom is 0.330 e. The molecule has 2 atom stereocenters. The highest BCUT2D eigenvalue weighted by atomic mass is 16.6. The molecule has 0 heterocycles. The third-order valence-electron chi connectivity index (χ3n) is 4.43. The summed E-state index contributed by atoms with van der Waals surface area (Å²) in [4.78, 5) is 34.6. The fourth-order valence-electron chi connectivity index (χ4n) is 3.22. The van der Waals surface area contributed by atoms with Gasteiger partial charge in [0.25, 0.3) is 0 Å². The van der Waals surface area contributed by atoms with Crippen LogP contribution < -0.4 is 0 Å². The maximum atomic E-state index is 11.9. The molecule has 1 saturated carbocycles. The van der Waals surface area contributed by atoms with Gasteiger partial charge in [-0.05, 0) is 31.1 Å². The Morgan fingerprint density at radius 3 is 2.42 bits per heavy atom. The van der Waals surface area contributed by atoms with Gasteiger partial charge >= 0.3 is 11.9 Å². The summed E-state index contributed by atoms with van der Waals surface area (Å²) >= 11 is 0. The Balaban J connectivity index is 2.22. The first-order valence-corrected chi connectivity index (χ1v) is 9.01. The normalized spacial score (nSPS) is 20.2. The van der Waals surface area contributed by atoms with E-state index in [9.17, 15) is 14.4 Å². The standard InChI is InChI=1S/C19H30O5/c1-3-5-9-17(20)13-15-7-6-8-16(12-15)14-19(22)24-11-10-23-18(21)4-2/h4,15-16H,2-3,5-14H2,1H3. The van der Waals surface area contributed by atoms with Gasteiger partial charge in [0.15, 0.2) is 0 Å². The maximum absolute atomic E-state index is 11.9. The molecule has 0 spiro atoms. The molecule has 2 unspecified atom stereocenters. The predicted octanol–water partition coefficient (Wildman–Crippen LogP) is 3.60. The predicted molar refractivity (Wildman–Crippen MR) is 91.3 cm³/mol. The van der Waals surface area contributed by atoms with Gasteiger partial charge in [0.2, 0.25) is 0 Å². The number of carbonyl (C=O) groups is 3. The number of esters is 2. The molecule has 0 radical (unpaired) electrons. The van der Waals surface area contributed by atoms with Gasteiger partial charge in [-0.25, -0.2) is 4.79 Å². The lowest BCUT2D eigenvalue weighted by atomic mass is 9.77. The molecule has 0 amide bonds. The molecule has 0 saturated heterocycles.